The molecule has 0 unspecified atom stereocenters. The van der Waals surface area contributed by atoms with Crippen LogP contribution in [0.1, 0.15) is 52.8 Å². The Morgan fingerprint density at radius 3 is 1.65 bits per heavy atom. The summed E-state index contributed by atoms with van der Waals surface area (Å²) in [6, 6.07) is 17.3. The fourth-order valence-corrected chi connectivity index (χ4v) is 13.2. The molecule has 3 aromatic carbocycles. The summed E-state index contributed by atoms with van der Waals surface area (Å²) in [5.41, 5.74) is 11.3. The molecule has 6 heteroatoms. The van der Waals surface area contributed by atoms with E-state index >= 15 is 0 Å². The molecule has 3 aromatic rings. The molecule has 1 aliphatic heterocycles. The molecule has 0 spiro atoms. The van der Waals surface area contributed by atoms with E-state index in [9.17, 15) is 0 Å². The predicted octanol–water partition coefficient (Wildman–Crippen LogP) is 8.60. The van der Waals surface area contributed by atoms with Crippen LogP contribution >= 0.6 is 19.4 Å². The SMILES string of the molecule is Cc1cc(C)c(N2CCN(c3c(C)cc(C)cc3C)[CH]2[Ru]([Cl])([Cl])[CH2]c2ccccc2OC(C)C)c(C)c1. The van der Waals surface area contributed by atoms with Crippen LogP contribution < -0.4 is 14.5 Å². The Kier molecular flexibility index (Phi) is 8.53. The summed E-state index contributed by atoms with van der Waals surface area (Å²) in [7, 11) is 15.3. The van der Waals surface area contributed by atoms with Crippen molar-refractivity contribution < 1.29 is 17.5 Å². The number of rotatable bonds is 7. The Balaban J connectivity index is 1.84. The van der Waals surface area contributed by atoms with Gasteiger partial charge in [0.05, 0.1) is 0 Å². The molecule has 0 amide bonds. The third-order valence-corrected chi connectivity index (χ3v) is 13.5. The van der Waals surface area contributed by atoms with Gasteiger partial charge in [-0.2, -0.15) is 0 Å². The number of para-hydroxylation sites is 1. The number of nitrogens with zero attached hydrogens (tertiary/aromatic N) is 2. The standard InChI is InChI=1S/C21H27N2.C10H13O.2ClH.Ru/c1-14-9-16(3)20(17(4)10-14)22-7-8-23(13-22)21-18(5)11-15(2)12-19(21)6;1-8(2)11-10-7-5-4-6-9(10)3;;;/h9-13H,7-8H2,1-6H3;4-8H,3H2,1-2H3;2*1H;/q;;;;+2/p-2. The molecule has 1 aliphatic rings. The van der Waals surface area contributed by atoms with Crippen LogP contribution in [0, 0.1) is 41.5 Å². The van der Waals surface area contributed by atoms with Gasteiger partial charge in [-0.25, -0.2) is 0 Å². The molecule has 0 aliphatic carbocycles. The molecular weight excluding hydrogens is 588 g/mol. The fourth-order valence-electron chi connectivity index (χ4n) is 5.81. The van der Waals surface area contributed by atoms with Gasteiger partial charge in [0.25, 0.3) is 0 Å². The molecule has 0 N–H and O–H groups in total. The van der Waals surface area contributed by atoms with E-state index in [-0.39, 0.29) is 10.9 Å². The summed E-state index contributed by atoms with van der Waals surface area (Å²) in [6.07, 6.45) is 0.0850. The second kappa shape index (κ2) is 11.2. The minimum absolute atomic E-state index is 0.0850. The van der Waals surface area contributed by atoms with Gasteiger partial charge in [0.15, 0.2) is 0 Å². The second-order valence-electron chi connectivity index (χ2n) is 10.6. The molecule has 1 fully saturated rings. The van der Waals surface area contributed by atoms with Crippen LogP contribution in [0.25, 0.3) is 0 Å². The van der Waals surface area contributed by atoms with Crippen LogP contribution in [0.5, 0.6) is 5.75 Å². The Labute approximate surface area is 234 Å². The zero-order chi connectivity index (χ0) is 27.1. The number of benzene rings is 3. The van der Waals surface area contributed by atoms with Gasteiger partial charge in [0, 0.05) is 0 Å². The van der Waals surface area contributed by atoms with E-state index < -0.39 is 12.8 Å². The number of hydrogen-bond acceptors (Lipinski definition) is 3. The summed E-state index contributed by atoms with van der Waals surface area (Å²) in [5.74, 6) is 0.880. The van der Waals surface area contributed by atoms with Crippen LogP contribution in [0.2, 0.25) is 0 Å². The van der Waals surface area contributed by atoms with Crippen molar-refractivity contribution >= 4 is 30.8 Å². The van der Waals surface area contributed by atoms with Crippen molar-refractivity contribution in [2.75, 3.05) is 22.9 Å². The number of hydrogen-bond donors (Lipinski definition) is 0. The maximum absolute atomic E-state index is 7.64. The third-order valence-electron chi connectivity index (χ3n) is 6.83. The number of halogens is 2. The van der Waals surface area contributed by atoms with Crippen LogP contribution in [0.15, 0.2) is 48.5 Å². The van der Waals surface area contributed by atoms with Gasteiger partial charge in [0.2, 0.25) is 0 Å². The number of ether oxygens (including phenoxy) is 1. The average molecular weight is 629 g/mol. The Morgan fingerprint density at radius 2 is 1.22 bits per heavy atom. The van der Waals surface area contributed by atoms with Gasteiger partial charge in [-0.3, -0.25) is 0 Å². The zero-order valence-electron chi connectivity index (χ0n) is 23.3. The molecule has 1 saturated heterocycles. The molecule has 1 heterocycles. The van der Waals surface area contributed by atoms with Crippen LogP contribution in [-0.2, 0) is 17.8 Å². The van der Waals surface area contributed by atoms with Crippen molar-refractivity contribution in [3.8, 4) is 5.75 Å². The van der Waals surface area contributed by atoms with Crippen molar-refractivity contribution in [2.45, 2.75) is 71.3 Å². The fraction of sp³-hybridized carbons (Fsp3) is 0.419. The molecule has 3 nitrogen and oxygen atoms in total. The van der Waals surface area contributed by atoms with Crippen LogP contribution in [-0.4, -0.2) is 24.0 Å². The van der Waals surface area contributed by atoms with Crippen LogP contribution in [0.3, 0.4) is 0 Å². The van der Waals surface area contributed by atoms with Crippen LogP contribution in [0.4, 0.5) is 11.4 Å². The summed E-state index contributed by atoms with van der Waals surface area (Å²) >= 11 is -3.41. The van der Waals surface area contributed by atoms with Gasteiger partial charge in [-0.1, -0.05) is 0 Å². The molecule has 0 bridgehead atoms. The predicted molar refractivity (Wildman–Crippen MR) is 157 cm³/mol. The van der Waals surface area contributed by atoms with Crippen molar-refractivity contribution in [3.63, 3.8) is 0 Å². The van der Waals surface area contributed by atoms with E-state index in [1.807, 2.05) is 12.1 Å². The first kappa shape index (κ1) is 28.3. The molecule has 37 heavy (non-hydrogen) atoms. The van der Waals surface area contributed by atoms with E-state index in [0.717, 1.165) is 24.4 Å². The van der Waals surface area contributed by atoms with Gasteiger partial charge in [0.1, 0.15) is 0 Å². The summed E-state index contributed by atoms with van der Waals surface area (Å²) in [4.78, 5) is 5.00. The molecule has 0 saturated carbocycles. The first-order chi connectivity index (χ1) is 17.4. The number of aryl methyl sites for hydroxylation is 6. The van der Waals surface area contributed by atoms with E-state index in [0.29, 0.717) is 5.02 Å². The molecular formula is C31H40Cl2N2ORu. The Bertz CT molecular complexity index is 1180. The van der Waals surface area contributed by atoms with Crippen molar-refractivity contribution in [3.05, 3.63) is 87.5 Å². The van der Waals surface area contributed by atoms with Crippen molar-refractivity contribution in [2.24, 2.45) is 0 Å². The van der Waals surface area contributed by atoms with E-state index in [2.05, 4.69) is 102 Å². The van der Waals surface area contributed by atoms with E-state index in [4.69, 9.17) is 24.1 Å². The molecule has 202 valence electrons. The summed E-state index contributed by atoms with van der Waals surface area (Å²) in [6.45, 7) is 19.0. The monoisotopic (exact) mass is 628 g/mol. The summed E-state index contributed by atoms with van der Waals surface area (Å²) < 4.78 is 6.07. The van der Waals surface area contributed by atoms with Gasteiger partial charge in [-0.05, 0) is 0 Å². The topological polar surface area (TPSA) is 15.7 Å². The average Bonchev–Trinajstić information content (AvgIpc) is 3.18. The Morgan fingerprint density at radius 1 is 0.784 bits per heavy atom. The van der Waals surface area contributed by atoms with Gasteiger partial charge < -0.3 is 0 Å². The second-order valence-corrected chi connectivity index (χ2v) is 21.2. The first-order valence-electron chi connectivity index (χ1n) is 12.9. The quantitative estimate of drug-likeness (QED) is 0.244. The first-order valence-corrected chi connectivity index (χ1v) is 19.6. The van der Waals surface area contributed by atoms with Crippen molar-refractivity contribution in [1.29, 1.82) is 0 Å². The van der Waals surface area contributed by atoms with E-state index in [1.165, 1.54) is 44.8 Å². The van der Waals surface area contributed by atoms with Gasteiger partial charge in [-0.15, -0.1) is 0 Å². The molecule has 0 radical (unpaired) electrons. The maximum atomic E-state index is 7.64. The molecule has 4 rings (SSSR count). The normalized spacial score (nSPS) is 15.1. The zero-order valence-corrected chi connectivity index (χ0v) is 26.6. The van der Waals surface area contributed by atoms with Crippen molar-refractivity contribution in [1.82, 2.24) is 0 Å². The number of anilines is 2. The third kappa shape index (κ3) is 5.97. The summed E-state index contributed by atoms with van der Waals surface area (Å²) in [5, 5.41) is 0.633. The van der Waals surface area contributed by atoms with E-state index in [1.54, 1.807) is 0 Å². The minimum atomic E-state index is -3.41. The molecule has 0 atom stereocenters. The van der Waals surface area contributed by atoms with Gasteiger partial charge >= 0.3 is 236 Å². The Hall–Kier alpha value is -1.74. The molecule has 0 aromatic heterocycles.